The third-order valence-corrected chi connectivity index (χ3v) is 4.55. The molecule has 0 radical (unpaired) electrons. The Morgan fingerprint density at radius 2 is 2.13 bits per heavy atom. The van der Waals surface area contributed by atoms with Gasteiger partial charge in [0.15, 0.2) is 0 Å². The Hall–Kier alpha value is 0.100. The van der Waals surface area contributed by atoms with E-state index in [-0.39, 0.29) is 0 Å². The Morgan fingerprint density at radius 1 is 1.47 bits per heavy atom. The van der Waals surface area contributed by atoms with E-state index in [4.69, 9.17) is 0 Å². The molecule has 1 saturated heterocycles. The molecule has 1 N–H and O–H groups in total. The van der Waals surface area contributed by atoms with Gasteiger partial charge < -0.3 is 5.32 Å². The van der Waals surface area contributed by atoms with Gasteiger partial charge in [-0.3, -0.25) is 4.90 Å². The first kappa shape index (κ1) is 11.6. The van der Waals surface area contributed by atoms with Crippen molar-refractivity contribution in [2.75, 3.05) is 13.1 Å². The molecule has 2 rings (SSSR count). The molecule has 0 saturated carbocycles. The van der Waals surface area contributed by atoms with Crippen LogP contribution in [0.25, 0.3) is 0 Å². The predicted octanol–water partition coefficient (Wildman–Crippen LogP) is 2.69. The zero-order valence-corrected chi connectivity index (χ0v) is 11.6. The highest BCUT2D eigenvalue weighted by Crippen LogP contribution is 2.23. The summed E-state index contributed by atoms with van der Waals surface area (Å²) < 4.78 is 1.23. The summed E-state index contributed by atoms with van der Waals surface area (Å²) in [4.78, 5) is 2.57. The molecule has 0 bridgehead atoms. The van der Waals surface area contributed by atoms with Gasteiger partial charge in [0.25, 0.3) is 0 Å². The van der Waals surface area contributed by atoms with Gasteiger partial charge in [0, 0.05) is 31.7 Å². The number of nitrogens with zero attached hydrogens (tertiary/aromatic N) is 1. The molecule has 0 aliphatic carbocycles. The molecule has 0 amide bonds. The molecule has 1 aliphatic heterocycles. The van der Waals surface area contributed by atoms with Crippen molar-refractivity contribution >= 4 is 27.3 Å². The SMILES string of the molecule is CC1CNCC(C)N1Cc1csc(Br)c1. The maximum atomic E-state index is 3.51. The second-order valence-electron chi connectivity index (χ2n) is 4.29. The van der Waals surface area contributed by atoms with Crippen LogP contribution in [0, 0.1) is 0 Å². The van der Waals surface area contributed by atoms with Crippen molar-refractivity contribution in [3.8, 4) is 0 Å². The Kier molecular flexibility index (Phi) is 3.83. The smallest absolute Gasteiger partial charge is 0.0701 e. The van der Waals surface area contributed by atoms with Crippen molar-refractivity contribution < 1.29 is 0 Å². The van der Waals surface area contributed by atoms with Gasteiger partial charge in [-0.15, -0.1) is 11.3 Å². The van der Waals surface area contributed by atoms with Crippen molar-refractivity contribution in [3.05, 3.63) is 20.8 Å². The van der Waals surface area contributed by atoms with Crippen molar-refractivity contribution in [1.82, 2.24) is 10.2 Å². The maximum absolute atomic E-state index is 3.51. The predicted molar refractivity (Wildman–Crippen MR) is 69.4 cm³/mol. The molecule has 15 heavy (non-hydrogen) atoms. The van der Waals surface area contributed by atoms with E-state index < -0.39 is 0 Å². The van der Waals surface area contributed by atoms with Gasteiger partial charge in [-0.25, -0.2) is 0 Å². The molecule has 1 aromatic heterocycles. The largest absolute Gasteiger partial charge is 0.314 e. The first-order chi connectivity index (χ1) is 7.16. The van der Waals surface area contributed by atoms with E-state index >= 15 is 0 Å². The van der Waals surface area contributed by atoms with Crippen LogP contribution >= 0.6 is 27.3 Å². The lowest BCUT2D eigenvalue weighted by Gasteiger charge is -2.39. The summed E-state index contributed by atoms with van der Waals surface area (Å²) in [5.74, 6) is 0. The summed E-state index contributed by atoms with van der Waals surface area (Å²) in [6.45, 7) is 7.88. The van der Waals surface area contributed by atoms with E-state index in [0.717, 1.165) is 19.6 Å². The van der Waals surface area contributed by atoms with E-state index in [9.17, 15) is 0 Å². The Balaban J connectivity index is 2.03. The summed E-state index contributed by atoms with van der Waals surface area (Å²) in [6, 6.07) is 3.49. The lowest BCUT2D eigenvalue weighted by molar-refractivity contribution is 0.109. The fourth-order valence-corrected chi connectivity index (χ4v) is 3.32. The molecular formula is C11H17BrN2S. The fraction of sp³-hybridized carbons (Fsp3) is 0.636. The number of piperazine rings is 1. The van der Waals surface area contributed by atoms with Gasteiger partial charge in [0.1, 0.15) is 0 Å². The van der Waals surface area contributed by atoms with Crippen LogP contribution < -0.4 is 5.32 Å². The molecule has 2 atom stereocenters. The fourth-order valence-electron chi connectivity index (χ4n) is 2.12. The molecule has 2 unspecified atom stereocenters. The quantitative estimate of drug-likeness (QED) is 0.900. The number of nitrogens with one attached hydrogen (secondary N) is 1. The molecule has 84 valence electrons. The number of rotatable bonds is 2. The molecule has 0 aromatic carbocycles. The summed E-state index contributed by atoms with van der Waals surface area (Å²) in [5.41, 5.74) is 1.42. The van der Waals surface area contributed by atoms with Crippen LogP contribution in [0.5, 0.6) is 0 Å². The number of hydrogen-bond acceptors (Lipinski definition) is 3. The zero-order valence-electron chi connectivity index (χ0n) is 9.16. The molecule has 1 aromatic rings. The van der Waals surface area contributed by atoms with Gasteiger partial charge in [-0.2, -0.15) is 0 Å². The Bertz CT molecular complexity index is 316. The monoisotopic (exact) mass is 288 g/mol. The lowest BCUT2D eigenvalue weighted by Crippen LogP contribution is -2.54. The highest BCUT2D eigenvalue weighted by Gasteiger charge is 2.24. The zero-order chi connectivity index (χ0) is 10.8. The molecular weight excluding hydrogens is 272 g/mol. The molecule has 1 fully saturated rings. The van der Waals surface area contributed by atoms with E-state index in [2.05, 4.69) is 51.4 Å². The summed E-state index contributed by atoms with van der Waals surface area (Å²) in [6.07, 6.45) is 0. The second kappa shape index (κ2) is 4.95. The van der Waals surface area contributed by atoms with Crippen molar-refractivity contribution in [2.24, 2.45) is 0 Å². The highest BCUT2D eigenvalue weighted by atomic mass is 79.9. The molecule has 4 heteroatoms. The maximum Gasteiger partial charge on any atom is 0.0701 e. The summed E-state index contributed by atoms with van der Waals surface area (Å²) in [7, 11) is 0. The first-order valence-corrected chi connectivity index (χ1v) is 7.03. The minimum absolute atomic E-state index is 0.632. The van der Waals surface area contributed by atoms with E-state index in [1.165, 1.54) is 9.35 Å². The van der Waals surface area contributed by atoms with Crippen LogP contribution in [0.15, 0.2) is 15.2 Å². The lowest BCUT2D eigenvalue weighted by atomic mass is 10.1. The van der Waals surface area contributed by atoms with Gasteiger partial charge in [-0.1, -0.05) is 0 Å². The van der Waals surface area contributed by atoms with Crippen molar-refractivity contribution in [3.63, 3.8) is 0 Å². The van der Waals surface area contributed by atoms with Crippen molar-refractivity contribution in [2.45, 2.75) is 32.5 Å². The highest BCUT2D eigenvalue weighted by molar-refractivity contribution is 9.11. The van der Waals surface area contributed by atoms with Gasteiger partial charge >= 0.3 is 0 Å². The number of thiophene rings is 1. The van der Waals surface area contributed by atoms with Crippen LogP contribution in [-0.4, -0.2) is 30.1 Å². The van der Waals surface area contributed by atoms with Crippen LogP contribution in [0.3, 0.4) is 0 Å². The van der Waals surface area contributed by atoms with Gasteiger partial charge in [0.05, 0.1) is 3.79 Å². The number of halogens is 1. The Labute approximate surface area is 104 Å². The minimum atomic E-state index is 0.632. The van der Waals surface area contributed by atoms with Gasteiger partial charge in [-0.05, 0) is 46.8 Å². The molecule has 2 heterocycles. The Morgan fingerprint density at radius 3 is 2.67 bits per heavy atom. The van der Waals surface area contributed by atoms with Crippen molar-refractivity contribution in [1.29, 1.82) is 0 Å². The molecule has 0 spiro atoms. The third-order valence-electron chi connectivity index (χ3n) is 3.00. The van der Waals surface area contributed by atoms with Crippen LogP contribution in [0.1, 0.15) is 19.4 Å². The summed E-state index contributed by atoms with van der Waals surface area (Å²) in [5, 5.41) is 5.70. The van der Waals surface area contributed by atoms with E-state index in [1.54, 1.807) is 11.3 Å². The van der Waals surface area contributed by atoms with Crippen LogP contribution in [-0.2, 0) is 6.54 Å². The average molecular weight is 289 g/mol. The van der Waals surface area contributed by atoms with E-state index in [0.29, 0.717) is 12.1 Å². The topological polar surface area (TPSA) is 15.3 Å². The first-order valence-electron chi connectivity index (χ1n) is 5.36. The minimum Gasteiger partial charge on any atom is -0.314 e. The molecule has 1 aliphatic rings. The van der Waals surface area contributed by atoms with E-state index in [1.807, 2.05) is 0 Å². The molecule has 2 nitrogen and oxygen atoms in total. The van der Waals surface area contributed by atoms with Crippen LogP contribution in [0.2, 0.25) is 0 Å². The standard InChI is InChI=1S/C11H17BrN2S/c1-8-4-13-5-9(2)14(8)6-10-3-11(12)15-7-10/h3,7-9,13H,4-6H2,1-2H3. The summed E-state index contributed by atoms with van der Waals surface area (Å²) >= 11 is 5.28. The van der Waals surface area contributed by atoms with Gasteiger partial charge in [0.2, 0.25) is 0 Å². The normalized spacial score (nSPS) is 28.2. The average Bonchev–Trinajstić information content (AvgIpc) is 2.58. The number of hydrogen-bond donors (Lipinski definition) is 1. The van der Waals surface area contributed by atoms with Crippen LogP contribution in [0.4, 0.5) is 0 Å². The third kappa shape index (κ3) is 2.81. The second-order valence-corrected chi connectivity index (χ2v) is 6.58.